The number of carbonyl (C=O) groups is 1. The van der Waals surface area contributed by atoms with E-state index in [2.05, 4.69) is 15.3 Å². The van der Waals surface area contributed by atoms with Crippen LogP contribution in [0, 0.1) is 0 Å². The van der Waals surface area contributed by atoms with Gasteiger partial charge < -0.3 is 5.32 Å². The molecule has 2 aromatic rings. The van der Waals surface area contributed by atoms with E-state index in [0.717, 1.165) is 5.56 Å². The van der Waals surface area contributed by atoms with Crippen molar-refractivity contribution in [2.24, 2.45) is 0 Å². The highest BCUT2D eigenvalue weighted by atomic mass is 16.1. The summed E-state index contributed by atoms with van der Waals surface area (Å²) in [5, 5.41) is 2.97. The fourth-order valence-corrected chi connectivity index (χ4v) is 1.66. The van der Waals surface area contributed by atoms with Crippen molar-refractivity contribution in [3.63, 3.8) is 0 Å². The van der Waals surface area contributed by atoms with Crippen LogP contribution in [0.3, 0.4) is 0 Å². The van der Waals surface area contributed by atoms with E-state index < -0.39 is 5.54 Å². The van der Waals surface area contributed by atoms with Gasteiger partial charge in [0.15, 0.2) is 0 Å². The molecule has 0 atom stereocenters. The Morgan fingerprint density at radius 1 is 1.11 bits per heavy atom. The first kappa shape index (κ1) is 12.2. The quantitative estimate of drug-likeness (QED) is 0.895. The Labute approximate surface area is 106 Å². The molecule has 0 fully saturated rings. The van der Waals surface area contributed by atoms with Crippen LogP contribution in [0.25, 0.3) is 0 Å². The van der Waals surface area contributed by atoms with E-state index in [0.29, 0.717) is 5.56 Å². The van der Waals surface area contributed by atoms with E-state index in [1.807, 2.05) is 26.0 Å². The summed E-state index contributed by atoms with van der Waals surface area (Å²) in [5.74, 6) is -0.142. The molecule has 92 valence electrons. The molecule has 0 aliphatic heterocycles. The van der Waals surface area contributed by atoms with Gasteiger partial charge in [-0.1, -0.05) is 6.07 Å². The molecule has 0 aromatic carbocycles. The lowest BCUT2D eigenvalue weighted by molar-refractivity contribution is 0.0911. The molecule has 0 bridgehead atoms. The lowest BCUT2D eigenvalue weighted by Crippen LogP contribution is -2.41. The van der Waals surface area contributed by atoms with Gasteiger partial charge in [-0.3, -0.25) is 14.8 Å². The van der Waals surface area contributed by atoms with Crippen molar-refractivity contribution in [1.82, 2.24) is 15.3 Å². The summed E-state index contributed by atoms with van der Waals surface area (Å²) >= 11 is 0. The van der Waals surface area contributed by atoms with Crippen molar-refractivity contribution in [2.45, 2.75) is 19.4 Å². The Balaban J connectivity index is 2.17. The second-order valence-corrected chi connectivity index (χ2v) is 4.56. The van der Waals surface area contributed by atoms with Crippen LogP contribution >= 0.6 is 0 Å². The highest BCUT2D eigenvalue weighted by Gasteiger charge is 2.23. The van der Waals surface area contributed by atoms with Gasteiger partial charge in [-0.15, -0.1) is 0 Å². The first-order valence-electron chi connectivity index (χ1n) is 5.72. The third-order valence-electron chi connectivity index (χ3n) is 2.73. The van der Waals surface area contributed by atoms with Crippen LogP contribution < -0.4 is 5.32 Å². The average Bonchev–Trinajstić information content (AvgIpc) is 2.40. The minimum Gasteiger partial charge on any atom is -0.343 e. The maximum atomic E-state index is 12.1. The minimum atomic E-state index is -0.471. The summed E-state index contributed by atoms with van der Waals surface area (Å²) in [5.41, 5.74) is 1.04. The third kappa shape index (κ3) is 2.71. The zero-order valence-corrected chi connectivity index (χ0v) is 10.4. The Kier molecular flexibility index (Phi) is 3.37. The highest BCUT2D eigenvalue weighted by Crippen LogP contribution is 2.19. The van der Waals surface area contributed by atoms with E-state index in [1.54, 1.807) is 36.9 Å². The molecule has 0 radical (unpaired) electrons. The number of nitrogens with zero attached hydrogens (tertiary/aromatic N) is 2. The molecule has 2 rings (SSSR count). The Hall–Kier alpha value is -2.23. The van der Waals surface area contributed by atoms with E-state index in [1.165, 1.54) is 0 Å². The molecule has 0 aliphatic rings. The molecule has 0 saturated heterocycles. The molecular formula is C14H15N3O. The van der Waals surface area contributed by atoms with Crippen molar-refractivity contribution in [3.05, 3.63) is 60.2 Å². The zero-order chi connectivity index (χ0) is 13.0. The number of pyridine rings is 2. The van der Waals surface area contributed by atoms with Gasteiger partial charge in [-0.25, -0.2) is 0 Å². The number of hydrogen-bond acceptors (Lipinski definition) is 3. The van der Waals surface area contributed by atoms with Gasteiger partial charge in [0.25, 0.3) is 5.91 Å². The molecule has 0 aliphatic carbocycles. The van der Waals surface area contributed by atoms with Crippen molar-refractivity contribution in [1.29, 1.82) is 0 Å². The normalized spacial score (nSPS) is 11.0. The molecule has 1 amide bonds. The number of amides is 1. The first-order valence-corrected chi connectivity index (χ1v) is 5.72. The van der Waals surface area contributed by atoms with Crippen LogP contribution in [0.5, 0.6) is 0 Å². The predicted molar refractivity (Wildman–Crippen MR) is 69.0 cm³/mol. The summed E-state index contributed by atoms with van der Waals surface area (Å²) in [6.45, 7) is 3.89. The van der Waals surface area contributed by atoms with Crippen LogP contribution in [0.1, 0.15) is 29.8 Å². The van der Waals surface area contributed by atoms with Gasteiger partial charge in [0.2, 0.25) is 0 Å². The number of nitrogens with one attached hydrogen (secondary N) is 1. The fraction of sp³-hybridized carbons (Fsp3) is 0.214. The second-order valence-electron chi connectivity index (χ2n) is 4.56. The molecule has 4 nitrogen and oxygen atoms in total. The van der Waals surface area contributed by atoms with E-state index >= 15 is 0 Å². The topological polar surface area (TPSA) is 54.9 Å². The minimum absolute atomic E-state index is 0.142. The van der Waals surface area contributed by atoms with Crippen LogP contribution in [0.4, 0.5) is 0 Å². The van der Waals surface area contributed by atoms with Crippen LogP contribution in [0.15, 0.2) is 49.1 Å². The zero-order valence-electron chi connectivity index (χ0n) is 10.4. The van der Waals surface area contributed by atoms with Gasteiger partial charge in [-0.2, -0.15) is 0 Å². The summed E-state index contributed by atoms with van der Waals surface area (Å²) in [6.07, 6.45) is 6.66. The van der Waals surface area contributed by atoms with Crippen LogP contribution in [0.2, 0.25) is 0 Å². The highest BCUT2D eigenvalue weighted by molar-refractivity contribution is 5.94. The lowest BCUT2D eigenvalue weighted by atomic mass is 9.95. The largest absolute Gasteiger partial charge is 0.343 e. The number of hydrogen-bond donors (Lipinski definition) is 1. The molecule has 0 spiro atoms. The molecular weight excluding hydrogens is 226 g/mol. The maximum absolute atomic E-state index is 12.1. The van der Waals surface area contributed by atoms with E-state index in [4.69, 9.17) is 0 Å². The summed E-state index contributed by atoms with van der Waals surface area (Å²) < 4.78 is 0. The molecule has 4 heteroatoms. The summed E-state index contributed by atoms with van der Waals surface area (Å²) in [7, 11) is 0. The monoisotopic (exact) mass is 241 g/mol. The van der Waals surface area contributed by atoms with Gasteiger partial charge >= 0.3 is 0 Å². The van der Waals surface area contributed by atoms with Crippen molar-refractivity contribution >= 4 is 5.91 Å². The maximum Gasteiger partial charge on any atom is 0.253 e. The first-order chi connectivity index (χ1) is 8.59. The molecule has 0 saturated carbocycles. The SMILES string of the molecule is CC(C)(NC(=O)c1cccnc1)c1cccnc1. The van der Waals surface area contributed by atoms with Gasteiger partial charge in [0, 0.05) is 24.8 Å². The Bertz CT molecular complexity index is 523. The fourth-order valence-electron chi connectivity index (χ4n) is 1.66. The smallest absolute Gasteiger partial charge is 0.253 e. The predicted octanol–water partition coefficient (Wildman–Crippen LogP) is 2.14. The second kappa shape index (κ2) is 4.96. The number of aromatic nitrogens is 2. The number of carbonyl (C=O) groups excluding carboxylic acids is 1. The van der Waals surface area contributed by atoms with E-state index in [9.17, 15) is 4.79 Å². The summed E-state index contributed by atoms with van der Waals surface area (Å²) in [6, 6.07) is 7.28. The van der Waals surface area contributed by atoms with Crippen LogP contribution in [-0.4, -0.2) is 15.9 Å². The van der Waals surface area contributed by atoms with Gasteiger partial charge in [0.1, 0.15) is 0 Å². The summed E-state index contributed by atoms with van der Waals surface area (Å²) in [4.78, 5) is 20.1. The van der Waals surface area contributed by atoms with Gasteiger partial charge in [0.05, 0.1) is 11.1 Å². The Morgan fingerprint density at radius 2 is 1.78 bits per heavy atom. The van der Waals surface area contributed by atoms with Gasteiger partial charge in [-0.05, 0) is 37.6 Å². The molecule has 1 N–H and O–H groups in total. The molecule has 2 heterocycles. The standard InChI is InChI=1S/C14H15N3O/c1-14(2,12-6-4-8-16-10-12)17-13(18)11-5-3-7-15-9-11/h3-10H,1-2H3,(H,17,18). The molecule has 2 aromatic heterocycles. The molecule has 0 unspecified atom stereocenters. The van der Waals surface area contributed by atoms with Crippen LogP contribution in [-0.2, 0) is 5.54 Å². The third-order valence-corrected chi connectivity index (χ3v) is 2.73. The van der Waals surface area contributed by atoms with Crippen molar-refractivity contribution in [2.75, 3.05) is 0 Å². The number of rotatable bonds is 3. The molecule has 18 heavy (non-hydrogen) atoms. The lowest BCUT2D eigenvalue weighted by Gasteiger charge is -2.26. The average molecular weight is 241 g/mol. The van der Waals surface area contributed by atoms with Crippen molar-refractivity contribution in [3.8, 4) is 0 Å². The van der Waals surface area contributed by atoms with Crippen molar-refractivity contribution < 1.29 is 4.79 Å². The van der Waals surface area contributed by atoms with E-state index in [-0.39, 0.29) is 5.91 Å². The Morgan fingerprint density at radius 3 is 2.33 bits per heavy atom.